The third kappa shape index (κ3) is 1.78. The van der Waals surface area contributed by atoms with E-state index in [2.05, 4.69) is 27.5 Å². The largest absolute Gasteiger partial charge is 0.343 e. The van der Waals surface area contributed by atoms with Gasteiger partial charge in [0.2, 0.25) is 0 Å². The van der Waals surface area contributed by atoms with Crippen LogP contribution in [0.15, 0.2) is 47.3 Å². The van der Waals surface area contributed by atoms with Crippen LogP contribution in [0.1, 0.15) is 15.9 Å². The lowest BCUT2D eigenvalue weighted by Gasteiger charge is -2.03. The zero-order valence-corrected chi connectivity index (χ0v) is 9.98. The summed E-state index contributed by atoms with van der Waals surface area (Å²) < 4.78 is 2.17. The Kier molecular flexibility index (Phi) is 2.53. The van der Waals surface area contributed by atoms with Gasteiger partial charge < -0.3 is 4.57 Å². The summed E-state index contributed by atoms with van der Waals surface area (Å²) in [5.74, 6) is 0. The number of aldehydes is 1. The van der Waals surface area contributed by atoms with E-state index in [1.165, 1.54) is 5.56 Å². The van der Waals surface area contributed by atoms with E-state index >= 15 is 0 Å². The number of hydrogen-bond acceptors (Lipinski definition) is 2. The molecule has 3 heteroatoms. The molecule has 0 saturated heterocycles. The average molecular weight is 241 g/mol. The van der Waals surface area contributed by atoms with E-state index in [0.717, 1.165) is 29.3 Å². The highest BCUT2D eigenvalue weighted by Gasteiger charge is 2.05. The van der Waals surface area contributed by atoms with Crippen molar-refractivity contribution < 1.29 is 4.79 Å². The lowest BCUT2D eigenvalue weighted by molar-refractivity contribution is 0.112. The van der Waals surface area contributed by atoms with E-state index < -0.39 is 0 Å². The van der Waals surface area contributed by atoms with Crippen molar-refractivity contribution in [2.45, 2.75) is 6.54 Å². The Labute approximate surface area is 103 Å². The number of thiophene rings is 1. The number of aromatic nitrogens is 1. The maximum Gasteiger partial charge on any atom is 0.150 e. The Morgan fingerprint density at radius 3 is 2.94 bits per heavy atom. The second kappa shape index (κ2) is 4.18. The van der Waals surface area contributed by atoms with Crippen molar-refractivity contribution in [1.82, 2.24) is 4.57 Å². The second-order valence-corrected chi connectivity index (χ2v) is 4.75. The van der Waals surface area contributed by atoms with Crippen molar-refractivity contribution in [1.29, 1.82) is 0 Å². The summed E-state index contributed by atoms with van der Waals surface area (Å²) in [6, 6.07) is 9.96. The van der Waals surface area contributed by atoms with E-state index in [1.54, 1.807) is 11.3 Å². The zero-order valence-electron chi connectivity index (χ0n) is 9.17. The number of nitrogens with zero attached hydrogens (tertiary/aromatic N) is 1. The molecule has 1 aromatic carbocycles. The Morgan fingerprint density at radius 1 is 1.24 bits per heavy atom. The molecule has 0 aliphatic rings. The number of fused-ring (bicyclic) bond motifs is 1. The van der Waals surface area contributed by atoms with Crippen molar-refractivity contribution in [2.24, 2.45) is 0 Å². The molecule has 0 aliphatic heterocycles. The number of carbonyl (C=O) groups excluding carboxylic acids is 1. The molecule has 2 aromatic heterocycles. The van der Waals surface area contributed by atoms with E-state index in [9.17, 15) is 4.79 Å². The molecule has 3 aromatic rings. The first kappa shape index (κ1) is 10.3. The number of rotatable bonds is 3. The van der Waals surface area contributed by atoms with Gasteiger partial charge in [-0.1, -0.05) is 12.1 Å². The SMILES string of the molecule is O=Cc1cccc2c1ccn2Cc1ccsc1. The Bertz CT molecular complexity index is 652. The molecule has 2 nitrogen and oxygen atoms in total. The zero-order chi connectivity index (χ0) is 11.7. The Hall–Kier alpha value is -1.87. The van der Waals surface area contributed by atoms with Crippen molar-refractivity contribution in [3.63, 3.8) is 0 Å². The molecule has 2 heterocycles. The lowest BCUT2D eigenvalue weighted by atomic mass is 10.1. The fourth-order valence-corrected chi connectivity index (χ4v) is 2.73. The molecular weight excluding hydrogens is 230 g/mol. The summed E-state index contributed by atoms with van der Waals surface area (Å²) in [5, 5.41) is 5.26. The van der Waals surface area contributed by atoms with Crippen molar-refractivity contribution in [3.8, 4) is 0 Å². The van der Waals surface area contributed by atoms with Crippen LogP contribution in [0.5, 0.6) is 0 Å². The van der Waals surface area contributed by atoms with Gasteiger partial charge in [-0.2, -0.15) is 11.3 Å². The minimum atomic E-state index is 0.756. The van der Waals surface area contributed by atoms with Crippen LogP contribution >= 0.6 is 11.3 Å². The molecule has 0 atom stereocenters. The van der Waals surface area contributed by atoms with Crippen LogP contribution in [0.3, 0.4) is 0 Å². The predicted octanol–water partition coefficient (Wildman–Crippen LogP) is 3.56. The smallest absolute Gasteiger partial charge is 0.150 e. The van der Waals surface area contributed by atoms with Crippen LogP contribution in [0.4, 0.5) is 0 Å². The third-order valence-corrected chi connectivity index (χ3v) is 3.64. The molecule has 0 fully saturated rings. The van der Waals surface area contributed by atoms with Gasteiger partial charge in [-0.25, -0.2) is 0 Å². The van der Waals surface area contributed by atoms with E-state index in [1.807, 2.05) is 24.4 Å². The predicted molar refractivity (Wildman–Crippen MR) is 70.7 cm³/mol. The maximum absolute atomic E-state index is 10.9. The van der Waals surface area contributed by atoms with Crippen molar-refractivity contribution >= 4 is 28.5 Å². The number of carbonyl (C=O) groups is 1. The summed E-state index contributed by atoms with van der Waals surface area (Å²) in [7, 11) is 0. The number of benzene rings is 1. The van der Waals surface area contributed by atoms with Crippen LogP contribution in [0.2, 0.25) is 0 Å². The molecule has 0 radical (unpaired) electrons. The molecule has 0 bridgehead atoms. The number of hydrogen-bond donors (Lipinski definition) is 0. The van der Waals surface area contributed by atoms with Crippen molar-refractivity contribution in [2.75, 3.05) is 0 Å². The van der Waals surface area contributed by atoms with Crippen LogP contribution < -0.4 is 0 Å². The summed E-state index contributed by atoms with van der Waals surface area (Å²) in [6.07, 6.45) is 2.95. The maximum atomic E-state index is 10.9. The Morgan fingerprint density at radius 2 is 2.18 bits per heavy atom. The highest BCUT2D eigenvalue weighted by molar-refractivity contribution is 7.07. The first-order valence-corrected chi connectivity index (χ1v) is 6.37. The molecule has 84 valence electrons. The minimum Gasteiger partial charge on any atom is -0.343 e. The van der Waals surface area contributed by atoms with Gasteiger partial charge in [0, 0.05) is 29.2 Å². The van der Waals surface area contributed by atoms with E-state index in [4.69, 9.17) is 0 Å². The van der Waals surface area contributed by atoms with Crippen LogP contribution in [0, 0.1) is 0 Å². The summed E-state index contributed by atoms with van der Waals surface area (Å²) >= 11 is 1.70. The Balaban J connectivity index is 2.09. The molecular formula is C14H11NOS. The standard InChI is InChI=1S/C14H11NOS/c16-9-12-2-1-3-14-13(12)4-6-15(14)8-11-5-7-17-10-11/h1-7,9-10H,8H2. The fourth-order valence-electron chi connectivity index (χ4n) is 2.07. The molecule has 0 amide bonds. The molecule has 3 rings (SSSR count). The third-order valence-electron chi connectivity index (χ3n) is 2.91. The summed E-state index contributed by atoms with van der Waals surface area (Å²) in [6.45, 7) is 0.856. The van der Waals surface area contributed by atoms with Gasteiger partial charge in [-0.05, 0) is 34.5 Å². The lowest BCUT2D eigenvalue weighted by Crippen LogP contribution is -1.96. The fraction of sp³-hybridized carbons (Fsp3) is 0.0714. The highest BCUT2D eigenvalue weighted by Crippen LogP contribution is 2.20. The molecule has 0 N–H and O–H groups in total. The van der Waals surface area contributed by atoms with E-state index in [-0.39, 0.29) is 0 Å². The first-order chi connectivity index (χ1) is 8.38. The topological polar surface area (TPSA) is 22.0 Å². The molecule has 0 unspecified atom stereocenters. The average Bonchev–Trinajstić information content (AvgIpc) is 2.99. The van der Waals surface area contributed by atoms with E-state index in [0.29, 0.717) is 0 Å². The highest BCUT2D eigenvalue weighted by atomic mass is 32.1. The monoisotopic (exact) mass is 241 g/mol. The molecule has 0 spiro atoms. The van der Waals surface area contributed by atoms with Crippen molar-refractivity contribution in [3.05, 3.63) is 58.4 Å². The van der Waals surface area contributed by atoms with Gasteiger partial charge in [0.15, 0.2) is 6.29 Å². The van der Waals surface area contributed by atoms with Gasteiger partial charge >= 0.3 is 0 Å². The van der Waals surface area contributed by atoms with Gasteiger partial charge in [0.1, 0.15) is 0 Å². The molecule has 0 saturated carbocycles. The molecule has 0 aliphatic carbocycles. The van der Waals surface area contributed by atoms with Crippen LogP contribution in [0.25, 0.3) is 10.9 Å². The quantitative estimate of drug-likeness (QED) is 0.643. The van der Waals surface area contributed by atoms with Crippen LogP contribution in [-0.2, 0) is 6.54 Å². The van der Waals surface area contributed by atoms with Gasteiger partial charge in [0.25, 0.3) is 0 Å². The minimum absolute atomic E-state index is 0.756. The normalized spacial score (nSPS) is 10.8. The molecule has 17 heavy (non-hydrogen) atoms. The van der Waals surface area contributed by atoms with Gasteiger partial charge in [-0.3, -0.25) is 4.79 Å². The van der Waals surface area contributed by atoms with Gasteiger partial charge in [0.05, 0.1) is 0 Å². The summed E-state index contributed by atoms with van der Waals surface area (Å²) in [4.78, 5) is 10.9. The first-order valence-electron chi connectivity index (χ1n) is 5.42. The second-order valence-electron chi connectivity index (χ2n) is 3.97. The van der Waals surface area contributed by atoms with Gasteiger partial charge in [-0.15, -0.1) is 0 Å². The summed E-state index contributed by atoms with van der Waals surface area (Å²) in [5.41, 5.74) is 3.16. The van der Waals surface area contributed by atoms with Crippen LogP contribution in [-0.4, -0.2) is 10.9 Å².